The molecule has 0 saturated carbocycles. The van der Waals surface area contributed by atoms with Crippen molar-refractivity contribution in [2.24, 2.45) is 12.5 Å². The third kappa shape index (κ3) is 3.94. The number of hydrogen-bond donors (Lipinski definition) is 2. The Labute approximate surface area is 120 Å². The summed E-state index contributed by atoms with van der Waals surface area (Å²) < 4.78 is 1.72. The molecule has 2 rings (SSSR count). The molecule has 0 spiro atoms. The molecule has 1 saturated heterocycles. The molecule has 2 heterocycles. The van der Waals surface area contributed by atoms with Crippen molar-refractivity contribution in [3.05, 3.63) is 17.5 Å². The molecule has 0 aromatic carbocycles. The van der Waals surface area contributed by atoms with Gasteiger partial charge in [0.1, 0.15) is 5.69 Å². The van der Waals surface area contributed by atoms with Crippen molar-refractivity contribution in [1.82, 2.24) is 20.4 Å². The van der Waals surface area contributed by atoms with E-state index in [9.17, 15) is 4.79 Å². The van der Waals surface area contributed by atoms with Gasteiger partial charge in [0.15, 0.2) is 0 Å². The molecule has 1 aromatic rings. The lowest BCUT2D eigenvalue weighted by Crippen LogP contribution is -2.43. The number of amides is 1. The van der Waals surface area contributed by atoms with Crippen LogP contribution in [0.5, 0.6) is 0 Å². The Hall–Kier alpha value is -1.07. The molecule has 0 radical (unpaired) electrons. The first-order valence-electron chi connectivity index (χ1n) is 6.50. The molecule has 6 heteroatoms. The van der Waals surface area contributed by atoms with E-state index in [0.29, 0.717) is 5.69 Å². The van der Waals surface area contributed by atoms with Crippen LogP contribution >= 0.6 is 12.4 Å². The Morgan fingerprint density at radius 1 is 1.53 bits per heavy atom. The van der Waals surface area contributed by atoms with E-state index in [1.54, 1.807) is 4.68 Å². The van der Waals surface area contributed by atoms with E-state index in [-0.39, 0.29) is 23.7 Å². The molecule has 19 heavy (non-hydrogen) atoms. The number of carbonyl (C=O) groups is 1. The first-order chi connectivity index (χ1) is 8.50. The topological polar surface area (TPSA) is 59.0 Å². The number of nitrogens with zero attached hydrogens (tertiary/aromatic N) is 2. The number of aryl methyl sites for hydroxylation is 2. The zero-order chi connectivity index (χ0) is 13.2. The fraction of sp³-hybridized carbons (Fsp3) is 0.692. The SMILES string of the molecule is Cc1cc(C(=O)NCC2(C)CCNCC2)nn1C.Cl. The molecule has 1 aromatic heterocycles. The largest absolute Gasteiger partial charge is 0.350 e. The monoisotopic (exact) mass is 286 g/mol. The first-order valence-corrected chi connectivity index (χ1v) is 6.50. The van der Waals surface area contributed by atoms with Crippen LogP contribution in [0.3, 0.4) is 0 Å². The average molecular weight is 287 g/mol. The van der Waals surface area contributed by atoms with Gasteiger partial charge in [-0.15, -0.1) is 12.4 Å². The molecule has 2 N–H and O–H groups in total. The van der Waals surface area contributed by atoms with Crippen LogP contribution < -0.4 is 10.6 Å². The summed E-state index contributed by atoms with van der Waals surface area (Å²) >= 11 is 0. The third-order valence-electron chi connectivity index (χ3n) is 3.83. The van der Waals surface area contributed by atoms with Crippen molar-refractivity contribution in [1.29, 1.82) is 0 Å². The number of nitrogens with one attached hydrogen (secondary N) is 2. The molecular formula is C13H23ClN4O. The zero-order valence-electron chi connectivity index (χ0n) is 11.8. The van der Waals surface area contributed by atoms with Crippen LogP contribution in [0.1, 0.15) is 35.9 Å². The van der Waals surface area contributed by atoms with Gasteiger partial charge in [-0.25, -0.2) is 0 Å². The van der Waals surface area contributed by atoms with Crippen LogP contribution in [0.25, 0.3) is 0 Å². The van der Waals surface area contributed by atoms with E-state index in [2.05, 4.69) is 22.7 Å². The zero-order valence-corrected chi connectivity index (χ0v) is 12.6. The fourth-order valence-corrected chi connectivity index (χ4v) is 2.26. The van der Waals surface area contributed by atoms with Crippen LogP contribution in [0, 0.1) is 12.3 Å². The van der Waals surface area contributed by atoms with Crippen LogP contribution in [-0.4, -0.2) is 35.3 Å². The Balaban J connectivity index is 0.00000180. The fourth-order valence-electron chi connectivity index (χ4n) is 2.26. The van der Waals surface area contributed by atoms with Gasteiger partial charge in [0.05, 0.1) is 0 Å². The maximum absolute atomic E-state index is 12.0. The lowest BCUT2D eigenvalue weighted by molar-refractivity contribution is 0.0916. The van der Waals surface area contributed by atoms with Crippen molar-refractivity contribution in [2.45, 2.75) is 26.7 Å². The van der Waals surface area contributed by atoms with E-state index in [1.807, 2.05) is 20.0 Å². The molecule has 0 atom stereocenters. The lowest BCUT2D eigenvalue weighted by atomic mass is 9.81. The predicted octanol–water partition coefficient (Wildman–Crippen LogP) is 1.27. The second-order valence-electron chi connectivity index (χ2n) is 5.54. The number of aromatic nitrogens is 2. The molecule has 0 unspecified atom stereocenters. The van der Waals surface area contributed by atoms with Gasteiger partial charge in [-0.3, -0.25) is 9.48 Å². The predicted molar refractivity (Wildman–Crippen MR) is 77.7 cm³/mol. The molecule has 1 aliphatic rings. The summed E-state index contributed by atoms with van der Waals surface area (Å²) in [7, 11) is 1.85. The van der Waals surface area contributed by atoms with Crippen LogP contribution in [0.4, 0.5) is 0 Å². The maximum Gasteiger partial charge on any atom is 0.271 e. The second kappa shape index (κ2) is 6.39. The highest BCUT2D eigenvalue weighted by molar-refractivity contribution is 5.92. The molecule has 5 nitrogen and oxygen atoms in total. The quantitative estimate of drug-likeness (QED) is 0.880. The minimum atomic E-state index is -0.0709. The van der Waals surface area contributed by atoms with E-state index in [0.717, 1.165) is 38.2 Å². The molecule has 0 bridgehead atoms. The Morgan fingerprint density at radius 2 is 2.16 bits per heavy atom. The van der Waals surface area contributed by atoms with Crippen molar-refractivity contribution >= 4 is 18.3 Å². The summed E-state index contributed by atoms with van der Waals surface area (Å²) in [4.78, 5) is 12.0. The van der Waals surface area contributed by atoms with Crippen molar-refractivity contribution in [2.75, 3.05) is 19.6 Å². The number of carbonyl (C=O) groups excluding carboxylic acids is 1. The summed E-state index contributed by atoms with van der Waals surface area (Å²) in [6.07, 6.45) is 2.21. The molecule has 1 fully saturated rings. The second-order valence-corrected chi connectivity index (χ2v) is 5.54. The maximum atomic E-state index is 12.0. The van der Waals surface area contributed by atoms with Gasteiger partial charge in [0.25, 0.3) is 5.91 Å². The number of piperidine rings is 1. The highest BCUT2D eigenvalue weighted by Gasteiger charge is 2.27. The van der Waals surface area contributed by atoms with Crippen molar-refractivity contribution < 1.29 is 4.79 Å². The standard InChI is InChI=1S/C13H22N4O.ClH/c1-10-8-11(16-17(10)3)12(18)15-9-13(2)4-6-14-7-5-13;/h8,14H,4-7,9H2,1-3H3,(H,15,18);1H. The van der Waals surface area contributed by atoms with Gasteiger partial charge in [-0.05, 0) is 44.3 Å². The van der Waals surface area contributed by atoms with Gasteiger partial charge in [0.2, 0.25) is 0 Å². The van der Waals surface area contributed by atoms with Gasteiger partial charge in [-0.2, -0.15) is 5.10 Å². The number of hydrogen-bond acceptors (Lipinski definition) is 3. The molecule has 1 aliphatic heterocycles. The van der Waals surface area contributed by atoms with Crippen LogP contribution in [0.15, 0.2) is 6.07 Å². The van der Waals surface area contributed by atoms with E-state index in [4.69, 9.17) is 0 Å². The Bertz CT molecular complexity index is 418. The molecule has 1 amide bonds. The summed E-state index contributed by atoms with van der Waals surface area (Å²) in [5, 5.41) is 10.5. The summed E-state index contributed by atoms with van der Waals surface area (Å²) in [5.74, 6) is -0.0709. The lowest BCUT2D eigenvalue weighted by Gasteiger charge is -2.34. The van der Waals surface area contributed by atoms with E-state index < -0.39 is 0 Å². The van der Waals surface area contributed by atoms with Gasteiger partial charge < -0.3 is 10.6 Å². The smallest absolute Gasteiger partial charge is 0.271 e. The van der Waals surface area contributed by atoms with Crippen molar-refractivity contribution in [3.8, 4) is 0 Å². The average Bonchev–Trinajstić information content (AvgIpc) is 2.68. The highest BCUT2D eigenvalue weighted by atomic mass is 35.5. The molecule has 0 aliphatic carbocycles. The summed E-state index contributed by atoms with van der Waals surface area (Å²) in [5.41, 5.74) is 1.71. The van der Waals surface area contributed by atoms with Gasteiger partial charge in [0, 0.05) is 19.3 Å². The first kappa shape index (κ1) is 16.0. The van der Waals surface area contributed by atoms with Gasteiger partial charge in [-0.1, -0.05) is 6.92 Å². The summed E-state index contributed by atoms with van der Waals surface area (Å²) in [6, 6.07) is 1.82. The van der Waals surface area contributed by atoms with E-state index >= 15 is 0 Å². The highest BCUT2D eigenvalue weighted by Crippen LogP contribution is 2.26. The van der Waals surface area contributed by atoms with Crippen LogP contribution in [-0.2, 0) is 7.05 Å². The summed E-state index contributed by atoms with van der Waals surface area (Å²) in [6.45, 7) is 6.98. The minimum Gasteiger partial charge on any atom is -0.350 e. The molecule has 108 valence electrons. The number of rotatable bonds is 3. The van der Waals surface area contributed by atoms with Gasteiger partial charge >= 0.3 is 0 Å². The normalized spacial score (nSPS) is 17.6. The number of halogens is 1. The van der Waals surface area contributed by atoms with E-state index in [1.165, 1.54) is 0 Å². The Morgan fingerprint density at radius 3 is 2.68 bits per heavy atom. The van der Waals surface area contributed by atoms with Crippen LogP contribution in [0.2, 0.25) is 0 Å². The molecular weight excluding hydrogens is 264 g/mol. The van der Waals surface area contributed by atoms with Crippen molar-refractivity contribution in [3.63, 3.8) is 0 Å². The Kier molecular flexibility index (Phi) is 5.38. The minimum absolute atomic E-state index is 0. The third-order valence-corrected chi connectivity index (χ3v) is 3.83.